The second-order valence-corrected chi connectivity index (χ2v) is 9.43. The Morgan fingerprint density at radius 2 is 1.72 bits per heavy atom. The average Bonchev–Trinajstić information content (AvgIpc) is 3.46. The molecular formula is C29H26FNO. The van der Waals surface area contributed by atoms with Crippen LogP contribution in [0.4, 0.5) is 4.39 Å². The minimum absolute atomic E-state index is 0.231. The van der Waals surface area contributed by atoms with Gasteiger partial charge in [-0.2, -0.15) is 0 Å². The number of aromatic nitrogens is 1. The molecule has 0 aliphatic heterocycles. The molecule has 0 amide bonds. The van der Waals surface area contributed by atoms with Crippen LogP contribution in [0.25, 0.3) is 44.0 Å². The molecule has 1 aliphatic rings. The maximum Gasteiger partial charge on any atom is 0.144 e. The van der Waals surface area contributed by atoms with Crippen molar-refractivity contribution in [2.45, 2.75) is 51.4 Å². The zero-order valence-corrected chi connectivity index (χ0v) is 18.5. The molecule has 0 unspecified atom stereocenters. The molecule has 0 radical (unpaired) electrons. The minimum atomic E-state index is -0.231. The van der Waals surface area contributed by atoms with Crippen LogP contribution in [0.5, 0.6) is 0 Å². The third-order valence-corrected chi connectivity index (χ3v) is 7.10. The Kier molecular flexibility index (Phi) is 4.53. The van der Waals surface area contributed by atoms with Gasteiger partial charge in [-0.15, -0.1) is 0 Å². The second kappa shape index (κ2) is 7.44. The number of benzene rings is 3. The van der Waals surface area contributed by atoms with E-state index in [4.69, 9.17) is 9.40 Å². The van der Waals surface area contributed by atoms with E-state index >= 15 is 0 Å². The van der Waals surface area contributed by atoms with Crippen LogP contribution in [-0.4, -0.2) is 4.98 Å². The highest BCUT2D eigenvalue weighted by molar-refractivity contribution is 6.12. The first-order valence-electron chi connectivity index (χ1n) is 11.6. The van der Waals surface area contributed by atoms with E-state index in [9.17, 15) is 4.39 Å². The first-order valence-corrected chi connectivity index (χ1v) is 11.6. The van der Waals surface area contributed by atoms with Gasteiger partial charge in [-0.3, -0.25) is 4.98 Å². The summed E-state index contributed by atoms with van der Waals surface area (Å²) >= 11 is 0. The number of pyridine rings is 1. The molecule has 0 bridgehead atoms. The van der Waals surface area contributed by atoms with Gasteiger partial charge in [-0.05, 0) is 71.5 Å². The van der Waals surface area contributed by atoms with Crippen LogP contribution >= 0.6 is 0 Å². The smallest absolute Gasteiger partial charge is 0.144 e. The first kappa shape index (κ1) is 19.5. The highest BCUT2D eigenvalue weighted by atomic mass is 19.1. The van der Waals surface area contributed by atoms with Crippen molar-refractivity contribution < 1.29 is 8.81 Å². The zero-order valence-electron chi connectivity index (χ0n) is 18.5. The average molecular weight is 424 g/mol. The number of halogens is 1. The van der Waals surface area contributed by atoms with Crippen LogP contribution in [-0.2, 0) is 0 Å². The molecule has 0 spiro atoms. The lowest BCUT2D eigenvalue weighted by atomic mass is 9.90. The summed E-state index contributed by atoms with van der Waals surface area (Å²) in [6.07, 6.45) is 6.91. The topological polar surface area (TPSA) is 26.0 Å². The van der Waals surface area contributed by atoms with Crippen molar-refractivity contribution in [3.63, 3.8) is 0 Å². The molecule has 0 saturated heterocycles. The van der Waals surface area contributed by atoms with Gasteiger partial charge in [0.25, 0.3) is 0 Å². The third kappa shape index (κ3) is 3.02. The van der Waals surface area contributed by atoms with Gasteiger partial charge >= 0.3 is 0 Å². The predicted molar refractivity (Wildman–Crippen MR) is 130 cm³/mol. The molecule has 0 atom stereocenters. The maximum atomic E-state index is 14.5. The van der Waals surface area contributed by atoms with E-state index in [1.165, 1.54) is 36.8 Å². The molecule has 2 heterocycles. The normalized spacial score (nSPS) is 15.0. The molecule has 6 rings (SSSR count). The van der Waals surface area contributed by atoms with Crippen molar-refractivity contribution in [1.82, 2.24) is 4.98 Å². The van der Waals surface area contributed by atoms with Gasteiger partial charge in [0.15, 0.2) is 0 Å². The van der Waals surface area contributed by atoms with Gasteiger partial charge in [0.2, 0.25) is 0 Å². The Morgan fingerprint density at radius 1 is 0.906 bits per heavy atom. The minimum Gasteiger partial charge on any atom is -0.455 e. The Morgan fingerprint density at radius 3 is 2.53 bits per heavy atom. The van der Waals surface area contributed by atoms with Crippen LogP contribution < -0.4 is 0 Å². The summed E-state index contributed by atoms with van der Waals surface area (Å²) in [5.74, 6) is 0.635. The van der Waals surface area contributed by atoms with E-state index < -0.39 is 0 Å². The Balaban J connectivity index is 1.69. The van der Waals surface area contributed by atoms with Crippen LogP contribution in [0, 0.1) is 5.82 Å². The molecule has 2 nitrogen and oxygen atoms in total. The number of rotatable bonds is 3. The molecule has 1 aliphatic carbocycles. The van der Waals surface area contributed by atoms with Gasteiger partial charge in [0.05, 0.1) is 5.69 Å². The number of hydrogen-bond donors (Lipinski definition) is 0. The largest absolute Gasteiger partial charge is 0.455 e. The van der Waals surface area contributed by atoms with Crippen molar-refractivity contribution in [3.8, 4) is 11.3 Å². The van der Waals surface area contributed by atoms with Crippen LogP contribution in [0.3, 0.4) is 0 Å². The SMILES string of the molecule is CC(C)c1cc(-c2ncc(C3CCCC3)c3ccc(F)cc23)c2oc3ccccc3c2c1. The predicted octanol–water partition coefficient (Wildman–Crippen LogP) is 8.72. The monoisotopic (exact) mass is 423 g/mol. The van der Waals surface area contributed by atoms with Crippen LogP contribution in [0.15, 0.2) is 65.2 Å². The van der Waals surface area contributed by atoms with E-state index in [-0.39, 0.29) is 5.82 Å². The van der Waals surface area contributed by atoms with E-state index in [0.29, 0.717) is 11.8 Å². The van der Waals surface area contributed by atoms with E-state index in [0.717, 1.165) is 44.0 Å². The highest BCUT2D eigenvalue weighted by Gasteiger charge is 2.23. The number of furan rings is 1. The molecule has 3 heteroatoms. The Labute approximate surface area is 187 Å². The second-order valence-electron chi connectivity index (χ2n) is 9.43. The van der Waals surface area contributed by atoms with Crippen LogP contribution in [0.2, 0.25) is 0 Å². The molecular weight excluding hydrogens is 397 g/mol. The van der Waals surface area contributed by atoms with Crippen molar-refractivity contribution in [2.75, 3.05) is 0 Å². The fourth-order valence-corrected chi connectivity index (χ4v) is 5.37. The third-order valence-electron chi connectivity index (χ3n) is 7.10. The molecule has 2 aromatic heterocycles. The number of fused-ring (bicyclic) bond motifs is 4. The zero-order chi connectivity index (χ0) is 21.8. The fraction of sp³-hybridized carbons (Fsp3) is 0.276. The lowest BCUT2D eigenvalue weighted by Gasteiger charge is -2.16. The molecule has 1 saturated carbocycles. The number of para-hydroxylation sites is 1. The summed E-state index contributed by atoms with van der Waals surface area (Å²) in [6, 6.07) is 17.7. The van der Waals surface area contributed by atoms with Gasteiger partial charge in [0, 0.05) is 27.9 Å². The number of hydrogen-bond acceptors (Lipinski definition) is 2. The first-order chi connectivity index (χ1) is 15.6. The van der Waals surface area contributed by atoms with Crippen molar-refractivity contribution in [1.29, 1.82) is 0 Å². The molecule has 32 heavy (non-hydrogen) atoms. The molecule has 5 aromatic rings. The standard InChI is InChI=1S/C29H26FNO/c1-17(2)19-13-24-22-9-5-6-10-27(22)32-29(24)25(14-19)28-23-15-20(30)11-12-21(23)26(16-31-28)18-7-3-4-8-18/h5-6,9-18H,3-4,7-8H2,1-2H3. The summed E-state index contributed by atoms with van der Waals surface area (Å²) in [5.41, 5.74) is 5.90. The molecule has 3 aromatic carbocycles. The fourth-order valence-electron chi connectivity index (χ4n) is 5.37. The Hall–Kier alpha value is -3.20. The summed E-state index contributed by atoms with van der Waals surface area (Å²) in [4.78, 5) is 4.96. The van der Waals surface area contributed by atoms with Crippen molar-refractivity contribution in [2.24, 2.45) is 0 Å². The Bertz CT molecular complexity index is 1470. The highest BCUT2D eigenvalue weighted by Crippen LogP contribution is 2.43. The van der Waals surface area contributed by atoms with E-state index in [2.05, 4.69) is 32.0 Å². The van der Waals surface area contributed by atoms with Gasteiger partial charge in [0.1, 0.15) is 17.0 Å². The van der Waals surface area contributed by atoms with Crippen molar-refractivity contribution >= 4 is 32.7 Å². The summed E-state index contributed by atoms with van der Waals surface area (Å²) < 4.78 is 20.8. The molecule has 160 valence electrons. The number of nitrogens with zero attached hydrogens (tertiary/aromatic N) is 1. The summed E-state index contributed by atoms with van der Waals surface area (Å²) in [6.45, 7) is 4.39. The summed E-state index contributed by atoms with van der Waals surface area (Å²) in [5, 5.41) is 4.18. The van der Waals surface area contributed by atoms with E-state index in [1.807, 2.05) is 30.5 Å². The lowest BCUT2D eigenvalue weighted by Crippen LogP contribution is -1.99. The summed E-state index contributed by atoms with van der Waals surface area (Å²) in [7, 11) is 0. The molecule has 0 N–H and O–H groups in total. The quantitative estimate of drug-likeness (QED) is 0.290. The molecule has 1 fully saturated rings. The van der Waals surface area contributed by atoms with Crippen molar-refractivity contribution in [3.05, 3.63) is 77.7 Å². The van der Waals surface area contributed by atoms with Crippen LogP contribution in [0.1, 0.15) is 62.5 Å². The van der Waals surface area contributed by atoms with Gasteiger partial charge in [-0.1, -0.05) is 51.0 Å². The van der Waals surface area contributed by atoms with E-state index in [1.54, 1.807) is 12.1 Å². The van der Waals surface area contributed by atoms with Gasteiger partial charge in [-0.25, -0.2) is 4.39 Å². The van der Waals surface area contributed by atoms with Gasteiger partial charge < -0.3 is 4.42 Å². The maximum absolute atomic E-state index is 14.5. The lowest BCUT2D eigenvalue weighted by molar-refractivity contribution is 0.629.